The monoisotopic (exact) mass is 351 g/mol. The quantitative estimate of drug-likeness (QED) is 0.641. The summed E-state index contributed by atoms with van der Waals surface area (Å²) in [6.45, 7) is 1.06. The van der Waals surface area contributed by atoms with E-state index in [1.165, 1.54) is 30.3 Å². The van der Waals surface area contributed by atoms with E-state index in [-0.39, 0.29) is 5.69 Å². The van der Waals surface area contributed by atoms with Crippen LogP contribution in [-0.2, 0) is 11.0 Å². The van der Waals surface area contributed by atoms with Gasteiger partial charge in [0.25, 0.3) is 0 Å². The predicted octanol–water partition coefficient (Wildman–Crippen LogP) is 2.67. The Morgan fingerprint density at radius 2 is 1.80 bits per heavy atom. The van der Waals surface area contributed by atoms with Gasteiger partial charge >= 0.3 is 6.18 Å². The average Bonchev–Trinajstić information content (AvgIpc) is 2.57. The van der Waals surface area contributed by atoms with Crippen molar-refractivity contribution < 1.29 is 27.8 Å². The first-order valence-electron chi connectivity index (χ1n) is 7.17. The number of alkyl halides is 3. The molecule has 0 aliphatic carbocycles. The van der Waals surface area contributed by atoms with Crippen molar-refractivity contribution in [1.29, 1.82) is 0 Å². The standard InChI is InChI=1S/C17H15F3N2O3/c1-11(12-6-8-13(9-7-12)25-10-16(23)24)21-22-15-5-3-2-4-14(15)17(18,19)20/h2-9,22H,10H2,1H3,(H,23,24)/p-1/b21-11-. The van der Waals surface area contributed by atoms with Gasteiger partial charge in [-0.1, -0.05) is 12.1 Å². The van der Waals surface area contributed by atoms with E-state index in [0.29, 0.717) is 17.0 Å². The van der Waals surface area contributed by atoms with Crippen molar-refractivity contribution in [3.63, 3.8) is 0 Å². The van der Waals surface area contributed by atoms with Gasteiger partial charge < -0.3 is 14.6 Å². The Morgan fingerprint density at radius 1 is 1.16 bits per heavy atom. The molecule has 0 bridgehead atoms. The van der Waals surface area contributed by atoms with Crippen LogP contribution in [0.3, 0.4) is 0 Å². The van der Waals surface area contributed by atoms with E-state index < -0.39 is 24.3 Å². The molecule has 132 valence electrons. The van der Waals surface area contributed by atoms with Crippen LogP contribution in [0.25, 0.3) is 0 Å². The lowest BCUT2D eigenvalue weighted by Crippen LogP contribution is -2.28. The van der Waals surface area contributed by atoms with Crippen LogP contribution in [0.2, 0.25) is 0 Å². The van der Waals surface area contributed by atoms with E-state index >= 15 is 0 Å². The Labute approximate surface area is 141 Å². The van der Waals surface area contributed by atoms with Crippen molar-refractivity contribution in [2.45, 2.75) is 13.1 Å². The number of benzene rings is 2. The Balaban J connectivity index is 2.11. The lowest BCUT2D eigenvalue weighted by Gasteiger charge is -2.12. The Bertz CT molecular complexity index is 771. The molecule has 0 aliphatic rings. The summed E-state index contributed by atoms with van der Waals surface area (Å²) in [5.74, 6) is -1.01. The molecule has 5 nitrogen and oxygen atoms in total. The number of anilines is 1. The zero-order chi connectivity index (χ0) is 18.4. The van der Waals surface area contributed by atoms with E-state index in [9.17, 15) is 23.1 Å². The molecular formula is C17H14F3N2O3-. The van der Waals surface area contributed by atoms with E-state index in [1.807, 2.05) is 0 Å². The van der Waals surface area contributed by atoms with E-state index in [1.54, 1.807) is 19.1 Å². The normalized spacial score (nSPS) is 11.9. The second kappa shape index (κ2) is 7.69. The number of carbonyl (C=O) groups excluding carboxylic acids is 1. The first-order valence-corrected chi connectivity index (χ1v) is 7.17. The van der Waals surface area contributed by atoms with E-state index in [0.717, 1.165) is 6.07 Å². The zero-order valence-electron chi connectivity index (χ0n) is 13.1. The Morgan fingerprint density at radius 3 is 2.40 bits per heavy atom. The molecule has 8 heteroatoms. The van der Waals surface area contributed by atoms with Crippen molar-refractivity contribution in [2.75, 3.05) is 12.0 Å². The van der Waals surface area contributed by atoms with Crippen LogP contribution in [-0.4, -0.2) is 18.3 Å². The summed E-state index contributed by atoms with van der Waals surface area (Å²) in [5, 5.41) is 14.3. The number of hydrogen-bond donors (Lipinski definition) is 1. The number of rotatable bonds is 6. The highest BCUT2D eigenvalue weighted by Gasteiger charge is 2.33. The maximum atomic E-state index is 12.9. The molecule has 2 aromatic carbocycles. The number of ether oxygens (including phenoxy) is 1. The molecule has 0 saturated heterocycles. The SMILES string of the molecule is C/C(=N/Nc1ccccc1C(F)(F)F)c1ccc(OCC(=O)[O-])cc1. The molecule has 0 amide bonds. The number of para-hydroxylation sites is 1. The predicted molar refractivity (Wildman–Crippen MR) is 84.2 cm³/mol. The number of hydrogen-bond acceptors (Lipinski definition) is 5. The number of carboxylic acid groups (broad SMARTS) is 1. The van der Waals surface area contributed by atoms with Crippen LogP contribution < -0.4 is 15.3 Å². The van der Waals surface area contributed by atoms with E-state index in [4.69, 9.17) is 4.74 Å². The van der Waals surface area contributed by atoms with Crippen LogP contribution in [0.15, 0.2) is 53.6 Å². The summed E-state index contributed by atoms with van der Waals surface area (Å²) < 4.78 is 43.7. The van der Waals surface area contributed by atoms with Crippen LogP contribution in [0, 0.1) is 0 Å². The first-order chi connectivity index (χ1) is 11.8. The number of carbonyl (C=O) groups is 1. The highest BCUT2D eigenvalue weighted by atomic mass is 19.4. The minimum absolute atomic E-state index is 0.150. The van der Waals surface area contributed by atoms with Crippen molar-refractivity contribution in [2.24, 2.45) is 5.10 Å². The Kier molecular flexibility index (Phi) is 5.63. The number of hydrazone groups is 1. The fraction of sp³-hybridized carbons (Fsp3) is 0.176. The fourth-order valence-electron chi connectivity index (χ4n) is 1.97. The summed E-state index contributed by atoms with van der Waals surface area (Å²) in [4.78, 5) is 10.3. The number of nitrogens with zero attached hydrogens (tertiary/aromatic N) is 1. The van der Waals surface area contributed by atoms with Gasteiger partial charge in [0, 0.05) is 0 Å². The van der Waals surface area contributed by atoms with Gasteiger partial charge in [0.2, 0.25) is 0 Å². The van der Waals surface area contributed by atoms with Gasteiger partial charge in [-0.15, -0.1) is 0 Å². The summed E-state index contributed by atoms with van der Waals surface area (Å²) in [7, 11) is 0. The maximum absolute atomic E-state index is 12.9. The third kappa shape index (κ3) is 5.23. The topological polar surface area (TPSA) is 73.8 Å². The summed E-state index contributed by atoms with van der Waals surface area (Å²) in [5.41, 5.74) is 2.55. The van der Waals surface area contributed by atoms with Gasteiger partial charge in [0.1, 0.15) is 12.4 Å². The molecule has 2 aromatic rings. The number of halogens is 3. The third-order valence-corrected chi connectivity index (χ3v) is 3.21. The number of carboxylic acids is 1. The molecule has 0 unspecified atom stereocenters. The molecule has 25 heavy (non-hydrogen) atoms. The van der Waals surface area contributed by atoms with Crippen molar-refractivity contribution in [3.8, 4) is 5.75 Å². The molecule has 1 N–H and O–H groups in total. The minimum atomic E-state index is -4.48. The summed E-state index contributed by atoms with van der Waals surface area (Å²) >= 11 is 0. The van der Waals surface area contributed by atoms with Crippen LogP contribution in [0.4, 0.5) is 18.9 Å². The molecule has 0 spiro atoms. The average molecular weight is 351 g/mol. The zero-order valence-corrected chi connectivity index (χ0v) is 13.1. The molecule has 0 saturated carbocycles. The highest BCUT2D eigenvalue weighted by molar-refractivity contribution is 5.99. The van der Waals surface area contributed by atoms with Gasteiger partial charge in [0.05, 0.1) is 22.9 Å². The van der Waals surface area contributed by atoms with Gasteiger partial charge in [-0.25, -0.2) is 0 Å². The van der Waals surface area contributed by atoms with Gasteiger partial charge in [-0.05, 0) is 48.9 Å². The molecule has 0 aliphatic heterocycles. The molecule has 0 radical (unpaired) electrons. The van der Waals surface area contributed by atoms with Crippen molar-refractivity contribution >= 4 is 17.4 Å². The minimum Gasteiger partial charge on any atom is -0.546 e. The molecule has 0 heterocycles. The third-order valence-electron chi connectivity index (χ3n) is 3.21. The second-order valence-corrected chi connectivity index (χ2v) is 5.04. The van der Waals surface area contributed by atoms with Crippen LogP contribution in [0.5, 0.6) is 5.75 Å². The van der Waals surface area contributed by atoms with Gasteiger partial charge in [0.15, 0.2) is 0 Å². The lowest BCUT2D eigenvalue weighted by molar-refractivity contribution is -0.307. The molecule has 0 aromatic heterocycles. The van der Waals surface area contributed by atoms with Crippen molar-refractivity contribution in [1.82, 2.24) is 0 Å². The van der Waals surface area contributed by atoms with Crippen LogP contribution >= 0.6 is 0 Å². The second-order valence-electron chi connectivity index (χ2n) is 5.04. The molecule has 2 rings (SSSR count). The molecular weight excluding hydrogens is 337 g/mol. The summed E-state index contributed by atoms with van der Waals surface area (Å²) in [6.07, 6.45) is -4.48. The number of aliphatic carboxylic acids is 1. The van der Waals surface area contributed by atoms with Gasteiger partial charge in [-0.3, -0.25) is 5.43 Å². The molecule has 0 atom stereocenters. The van der Waals surface area contributed by atoms with Crippen molar-refractivity contribution in [3.05, 3.63) is 59.7 Å². The summed E-state index contributed by atoms with van der Waals surface area (Å²) in [6, 6.07) is 11.3. The largest absolute Gasteiger partial charge is 0.546 e. The van der Waals surface area contributed by atoms with Crippen LogP contribution in [0.1, 0.15) is 18.1 Å². The molecule has 0 fully saturated rings. The lowest BCUT2D eigenvalue weighted by atomic mass is 10.1. The van der Waals surface area contributed by atoms with E-state index in [2.05, 4.69) is 10.5 Å². The smallest absolute Gasteiger partial charge is 0.418 e. The highest BCUT2D eigenvalue weighted by Crippen LogP contribution is 2.34. The fourth-order valence-corrected chi connectivity index (χ4v) is 1.97. The first kappa shape index (κ1) is 18.3. The maximum Gasteiger partial charge on any atom is 0.418 e. The number of nitrogens with one attached hydrogen (secondary N) is 1. The van der Waals surface area contributed by atoms with Gasteiger partial charge in [-0.2, -0.15) is 18.3 Å². The Hall–Kier alpha value is -3.03.